The summed E-state index contributed by atoms with van der Waals surface area (Å²) in [7, 11) is 1.61. The van der Waals surface area contributed by atoms with Gasteiger partial charge in [0.05, 0.1) is 12.7 Å². The maximum Gasteiger partial charge on any atom is 0.189 e. The van der Waals surface area contributed by atoms with Gasteiger partial charge in [0, 0.05) is 6.07 Å². The van der Waals surface area contributed by atoms with E-state index in [0.29, 0.717) is 11.3 Å². The maximum atomic E-state index is 12.5. The summed E-state index contributed by atoms with van der Waals surface area (Å²) >= 11 is 0. The van der Waals surface area contributed by atoms with E-state index in [0.717, 1.165) is 29.7 Å². The summed E-state index contributed by atoms with van der Waals surface area (Å²) in [5, 5.41) is 10.2. The molecule has 0 aliphatic carbocycles. The van der Waals surface area contributed by atoms with Crippen LogP contribution in [0.25, 0.3) is 6.08 Å². The third-order valence-electron chi connectivity index (χ3n) is 4.37. The lowest BCUT2D eigenvalue weighted by Crippen LogP contribution is -2.32. The number of benzene rings is 2. The fraction of sp³-hybridized carbons (Fsp3) is 0.286. The number of phenols is 1. The van der Waals surface area contributed by atoms with Crippen LogP contribution in [0.4, 0.5) is 0 Å². The highest BCUT2D eigenvalue weighted by molar-refractivity contribution is 6.08. The average Bonchev–Trinajstić information content (AvgIpc) is 2.58. The summed E-state index contributed by atoms with van der Waals surface area (Å²) < 4.78 is 11.0. The number of rotatable bonds is 4. The Morgan fingerprint density at radius 3 is 2.64 bits per heavy atom. The van der Waals surface area contributed by atoms with E-state index in [-0.39, 0.29) is 17.1 Å². The van der Waals surface area contributed by atoms with Crippen LogP contribution in [0, 0.1) is 0 Å². The summed E-state index contributed by atoms with van der Waals surface area (Å²) in [6.07, 6.45) is 4.89. The molecule has 2 aromatic rings. The number of aryl methyl sites for hydroxylation is 1. The van der Waals surface area contributed by atoms with Crippen molar-refractivity contribution in [3.05, 3.63) is 59.2 Å². The zero-order valence-electron chi connectivity index (χ0n) is 14.7. The van der Waals surface area contributed by atoms with Crippen LogP contribution in [0.15, 0.2) is 42.5 Å². The molecule has 4 nitrogen and oxygen atoms in total. The molecule has 0 unspecified atom stereocenters. The minimum Gasteiger partial charge on any atom is -0.507 e. The van der Waals surface area contributed by atoms with Crippen molar-refractivity contribution >= 4 is 11.9 Å². The molecule has 1 aliphatic rings. The summed E-state index contributed by atoms with van der Waals surface area (Å²) in [5.41, 5.74) is 1.89. The highest BCUT2D eigenvalue weighted by atomic mass is 16.5. The number of carbonyl (C=O) groups excluding carboxylic acids is 1. The van der Waals surface area contributed by atoms with Gasteiger partial charge in [-0.05, 0) is 62.1 Å². The number of hydrogen-bond acceptors (Lipinski definition) is 4. The van der Waals surface area contributed by atoms with E-state index >= 15 is 0 Å². The molecule has 0 atom stereocenters. The predicted molar refractivity (Wildman–Crippen MR) is 97.5 cm³/mol. The minimum absolute atomic E-state index is 0.0548. The number of methoxy groups -OCH3 is 1. The second-order valence-electron chi connectivity index (χ2n) is 6.81. The van der Waals surface area contributed by atoms with Gasteiger partial charge in [0.15, 0.2) is 5.78 Å². The summed E-state index contributed by atoms with van der Waals surface area (Å²) in [6.45, 7) is 4.04. The van der Waals surface area contributed by atoms with Gasteiger partial charge in [0.2, 0.25) is 0 Å². The van der Waals surface area contributed by atoms with Gasteiger partial charge in [-0.2, -0.15) is 0 Å². The van der Waals surface area contributed by atoms with Crippen LogP contribution in [0.2, 0.25) is 0 Å². The Balaban J connectivity index is 1.81. The molecule has 1 aliphatic heterocycles. The van der Waals surface area contributed by atoms with Crippen LogP contribution in [-0.4, -0.2) is 23.6 Å². The van der Waals surface area contributed by atoms with E-state index in [9.17, 15) is 9.90 Å². The fourth-order valence-electron chi connectivity index (χ4n) is 2.86. The third-order valence-corrected chi connectivity index (χ3v) is 4.37. The third kappa shape index (κ3) is 3.85. The first-order valence-corrected chi connectivity index (χ1v) is 8.29. The van der Waals surface area contributed by atoms with Crippen LogP contribution in [0.3, 0.4) is 0 Å². The largest absolute Gasteiger partial charge is 0.507 e. The number of carbonyl (C=O) groups is 1. The van der Waals surface area contributed by atoms with Gasteiger partial charge in [-0.15, -0.1) is 0 Å². The molecule has 0 fully saturated rings. The topological polar surface area (TPSA) is 55.8 Å². The highest BCUT2D eigenvalue weighted by Crippen LogP contribution is 2.37. The Morgan fingerprint density at radius 1 is 1.24 bits per heavy atom. The van der Waals surface area contributed by atoms with Gasteiger partial charge in [0.25, 0.3) is 0 Å². The standard InChI is InChI=1S/C21H22O4/c1-21(2)11-10-15-12-17(19(23)13-20(15)25-21)18(22)9-6-14-4-7-16(24-3)8-5-14/h4-9,12-13,23H,10-11H2,1-3H3/b9-6+. The van der Waals surface area contributed by atoms with Crippen molar-refractivity contribution in [2.24, 2.45) is 0 Å². The van der Waals surface area contributed by atoms with E-state index in [1.165, 1.54) is 6.08 Å². The van der Waals surface area contributed by atoms with Crippen LogP contribution >= 0.6 is 0 Å². The van der Waals surface area contributed by atoms with Crippen molar-refractivity contribution in [3.8, 4) is 17.2 Å². The predicted octanol–water partition coefficient (Wildman–Crippen LogP) is 4.40. The number of aromatic hydroxyl groups is 1. The normalized spacial score (nSPS) is 15.5. The molecule has 0 amide bonds. The van der Waals surface area contributed by atoms with Gasteiger partial charge in [-0.25, -0.2) is 0 Å². The van der Waals surface area contributed by atoms with Crippen molar-refractivity contribution < 1.29 is 19.4 Å². The van der Waals surface area contributed by atoms with Gasteiger partial charge in [0.1, 0.15) is 22.8 Å². The van der Waals surface area contributed by atoms with Crippen LogP contribution in [0.1, 0.15) is 41.8 Å². The average molecular weight is 338 g/mol. The van der Waals surface area contributed by atoms with Crippen molar-refractivity contribution in [2.45, 2.75) is 32.3 Å². The summed E-state index contributed by atoms with van der Waals surface area (Å²) in [4.78, 5) is 12.5. The van der Waals surface area contributed by atoms with Crippen LogP contribution < -0.4 is 9.47 Å². The molecule has 1 N–H and O–H groups in total. The van der Waals surface area contributed by atoms with Crippen molar-refractivity contribution in [3.63, 3.8) is 0 Å². The van der Waals surface area contributed by atoms with Crippen molar-refractivity contribution in [1.82, 2.24) is 0 Å². The number of hydrogen-bond donors (Lipinski definition) is 1. The summed E-state index contributed by atoms with van der Waals surface area (Å²) in [6, 6.07) is 10.7. The zero-order chi connectivity index (χ0) is 18.0. The molecule has 0 saturated heterocycles. The minimum atomic E-state index is -0.251. The SMILES string of the molecule is COc1ccc(/C=C/C(=O)c2cc3c(cc2O)OC(C)(C)CC3)cc1. The van der Waals surface area contributed by atoms with E-state index in [1.54, 1.807) is 25.3 Å². The Hall–Kier alpha value is -2.75. The van der Waals surface area contributed by atoms with Crippen molar-refractivity contribution in [1.29, 1.82) is 0 Å². The van der Waals surface area contributed by atoms with Crippen LogP contribution in [0.5, 0.6) is 17.2 Å². The molecule has 0 spiro atoms. The van der Waals surface area contributed by atoms with Crippen molar-refractivity contribution in [2.75, 3.05) is 7.11 Å². The second-order valence-corrected chi connectivity index (χ2v) is 6.81. The van der Waals surface area contributed by atoms with E-state index in [4.69, 9.17) is 9.47 Å². The molecule has 3 rings (SSSR count). The molecule has 4 heteroatoms. The molecule has 25 heavy (non-hydrogen) atoms. The molecule has 0 bridgehead atoms. The van der Waals surface area contributed by atoms with Gasteiger partial charge < -0.3 is 14.6 Å². The Morgan fingerprint density at radius 2 is 1.96 bits per heavy atom. The quantitative estimate of drug-likeness (QED) is 0.663. The first-order valence-electron chi connectivity index (χ1n) is 8.29. The molecular weight excluding hydrogens is 316 g/mol. The highest BCUT2D eigenvalue weighted by Gasteiger charge is 2.28. The monoisotopic (exact) mass is 338 g/mol. The van der Waals surface area contributed by atoms with Gasteiger partial charge >= 0.3 is 0 Å². The number of fused-ring (bicyclic) bond motifs is 1. The lowest BCUT2D eigenvalue weighted by molar-refractivity contribution is 0.0842. The van der Waals surface area contributed by atoms with Gasteiger partial charge in [-0.1, -0.05) is 18.2 Å². The smallest absolute Gasteiger partial charge is 0.189 e. The first kappa shape index (κ1) is 17.1. The molecule has 130 valence electrons. The molecule has 0 saturated carbocycles. The molecule has 0 aromatic heterocycles. The number of phenolic OH excluding ortho intramolecular Hbond substituents is 1. The van der Waals surface area contributed by atoms with E-state index in [2.05, 4.69) is 0 Å². The number of ketones is 1. The van der Waals surface area contributed by atoms with Crippen LogP contribution in [-0.2, 0) is 6.42 Å². The maximum absolute atomic E-state index is 12.5. The Labute approximate surface area is 147 Å². The number of allylic oxidation sites excluding steroid dienone is 1. The molecule has 2 aromatic carbocycles. The fourth-order valence-corrected chi connectivity index (χ4v) is 2.86. The Bertz CT molecular complexity index is 817. The Kier molecular flexibility index (Phi) is 4.53. The molecular formula is C21H22O4. The molecule has 0 radical (unpaired) electrons. The van der Waals surface area contributed by atoms with E-state index < -0.39 is 0 Å². The van der Waals surface area contributed by atoms with E-state index in [1.807, 2.05) is 38.1 Å². The lowest BCUT2D eigenvalue weighted by Gasteiger charge is -2.32. The molecule has 1 heterocycles. The zero-order valence-corrected chi connectivity index (χ0v) is 14.7. The first-order chi connectivity index (χ1) is 11.9. The summed E-state index contributed by atoms with van der Waals surface area (Å²) in [5.74, 6) is 1.13. The second kappa shape index (κ2) is 6.63. The van der Waals surface area contributed by atoms with Gasteiger partial charge in [-0.3, -0.25) is 4.79 Å². The lowest BCUT2D eigenvalue weighted by atomic mass is 9.92. The number of ether oxygens (including phenoxy) is 2.